The SMILES string of the molecule is C=C/C=C\C1=C(C)c2ccccc2-c2cc(-c3ccc(N(c4ccc(-c5ccccc5)cc4)c4ccc(-c5ccccc5)c5ccccc45)cc3)ccc2N1c1ccccc1. The van der Waals surface area contributed by atoms with Crippen molar-refractivity contribution in [3.8, 4) is 44.5 Å². The van der Waals surface area contributed by atoms with E-state index in [0.717, 1.165) is 45.3 Å². The number of anilines is 5. The normalized spacial score (nSPS) is 12.2. The number of allylic oxidation sites excluding steroid dienone is 4. The molecule has 0 saturated heterocycles. The van der Waals surface area contributed by atoms with Gasteiger partial charge in [0.1, 0.15) is 0 Å². The molecule has 10 rings (SSSR count). The van der Waals surface area contributed by atoms with Gasteiger partial charge in [0.05, 0.1) is 11.4 Å². The summed E-state index contributed by atoms with van der Waals surface area (Å²) in [4.78, 5) is 4.78. The molecule has 0 saturated carbocycles. The summed E-state index contributed by atoms with van der Waals surface area (Å²) in [6.07, 6.45) is 6.05. The van der Waals surface area contributed by atoms with Crippen molar-refractivity contribution in [2.24, 2.45) is 0 Å². The molecular weight excluding hydrogens is 737 g/mol. The smallest absolute Gasteiger partial charge is 0.0540 e. The largest absolute Gasteiger partial charge is 0.310 e. The lowest BCUT2D eigenvalue weighted by molar-refractivity contribution is 1.22. The van der Waals surface area contributed by atoms with Crippen LogP contribution in [0.4, 0.5) is 28.4 Å². The number of para-hydroxylation sites is 1. The van der Waals surface area contributed by atoms with E-state index in [2.05, 4.69) is 248 Å². The van der Waals surface area contributed by atoms with E-state index in [1.807, 2.05) is 12.2 Å². The van der Waals surface area contributed by atoms with Crippen LogP contribution in [0.1, 0.15) is 12.5 Å². The minimum atomic E-state index is 1.09. The molecule has 0 radical (unpaired) electrons. The Morgan fingerprint density at radius 3 is 1.61 bits per heavy atom. The molecule has 0 unspecified atom stereocenters. The number of benzene rings is 9. The predicted octanol–water partition coefficient (Wildman–Crippen LogP) is 16.6. The minimum Gasteiger partial charge on any atom is -0.310 e. The number of hydrogen-bond acceptors (Lipinski definition) is 2. The van der Waals surface area contributed by atoms with Crippen LogP contribution in [0.2, 0.25) is 0 Å². The zero-order valence-electron chi connectivity index (χ0n) is 34.1. The first-order chi connectivity index (χ1) is 30.2. The van der Waals surface area contributed by atoms with Crippen LogP contribution < -0.4 is 9.80 Å². The van der Waals surface area contributed by atoms with Gasteiger partial charge < -0.3 is 9.80 Å². The molecule has 0 aromatic heterocycles. The molecule has 1 heterocycles. The third-order valence-electron chi connectivity index (χ3n) is 11.8. The molecule has 2 nitrogen and oxygen atoms in total. The number of nitrogens with zero attached hydrogens (tertiary/aromatic N) is 2. The van der Waals surface area contributed by atoms with Crippen molar-refractivity contribution < 1.29 is 0 Å². The third-order valence-corrected chi connectivity index (χ3v) is 11.8. The topological polar surface area (TPSA) is 6.48 Å². The number of hydrogen-bond donors (Lipinski definition) is 0. The van der Waals surface area contributed by atoms with Crippen LogP contribution in [0.5, 0.6) is 0 Å². The fourth-order valence-corrected chi connectivity index (χ4v) is 8.83. The molecule has 0 bridgehead atoms. The molecule has 0 N–H and O–H groups in total. The summed E-state index contributed by atoms with van der Waals surface area (Å²) in [5, 5.41) is 2.41. The molecule has 0 aliphatic carbocycles. The van der Waals surface area contributed by atoms with Gasteiger partial charge in [-0.25, -0.2) is 0 Å². The summed E-state index contributed by atoms with van der Waals surface area (Å²) in [6, 6.07) is 78.9. The van der Waals surface area contributed by atoms with E-state index in [-0.39, 0.29) is 0 Å². The van der Waals surface area contributed by atoms with Gasteiger partial charge in [-0.2, -0.15) is 0 Å². The highest BCUT2D eigenvalue weighted by Crippen LogP contribution is 2.48. The van der Waals surface area contributed by atoms with Crippen molar-refractivity contribution in [2.45, 2.75) is 6.92 Å². The Morgan fingerprint density at radius 1 is 0.426 bits per heavy atom. The van der Waals surface area contributed by atoms with E-state index < -0.39 is 0 Å². The van der Waals surface area contributed by atoms with Crippen LogP contribution in [-0.2, 0) is 0 Å². The van der Waals surface area contributed by atoms with Crippen molar-refractivity contribution in [3.05, 3.63) is 254 Å². The van der Waals surface area contributed by atoms with Gasteiger partial charge in [0, 0.05) is 33.7 Å². The molecule has 1 aliphatic rings. The standard InChI is InChI=1S/C59H44N2/c1-3-4-28-57-42(2)51-24-14-15-25-53(51)56-41-47(33-39-59(56)61(57)48-22-12-7-13-23-48)45-31-36-50(37-32-45)60(49-34-29-44(30-35-49)43-18-8-5-9-19-43)58-40-38-52(46-20-10-6-11-21-46)54-26-16-17-27-55(54)58/h3-41H,1H2,2H3/b28-4-. The van der Waals surface area contributed by atoms with Crippen molar-refractivity contribution in [1.82, 2.24) is 0 Å². The van der Waals surface area contributed by atoms with Crippen LogP contribution in [0, 0.1) is 0 Å². The number of rotatable bonds is 9. The first-order valence-corrected chi connectivity index (χ1v) is 20.9. The molecule has 9 aromatic carbocycles. The summed E-state index contributed by atoms with van der Waals surface area (Å²) >= 11 is 0. The Morgan fingerprint density at radius 2 is 0.951 bits per heavy atom. The fourth-order valence-electron chi connectivity index (χ4n) is 8.83. The van der Waals surface area contributed by atoms with E-state index in [1.165, 1.54) is 55.3 Å². The van der Waals surface area contributed by atoms with Gasteiger partial charge in [0.2, 0.25) is 0 Å². The van der Waals surface area contributed by atoms with E-state index >= 15 is 0 Å². The second kappa shape index (κ2) is 16.4. The predicted molar refractivity (Wildman–Crippen MR) is 261 cm³/mol. The maximum Gasteiger partial charge on any atom is 0.0540 e. The summed E-state index contributed by atoms with van der Waals surface area (Å²) in [5.41, 5.74) is 18.6. The monoisotopic (exact) mass is 780 g/mol. The Kier molecular flexibility index (Phi) is 10.0. The molecule has 61 heavy (non-hydrogen) atoms. The van der Waals surface area contributed by atoms with Crippen molar-refractivity contribution >= 4 is 44.8 Å². The van der Waals surface area contributed by atoms with Crippen LogP contribution in [0.3, 0.4) is 0 Å². The van der Waals surface area contributed by atoms with Gasteiger partial charge in [-0.15, -0.1) is 0 Å². The zero-order valence-corrected chi connectivity index (χ0v) is 34.1. The number of fused-ring (bicyclic) bond motifs is 4. The average Bonchev–Trinajstić information content (AvgIpc) is 3.43. The second-order valence-electron chi connectivity index (χ2n) is 15.4. The minimum absolute atomic E-state index is 1.09. The molecule has 0 atom stereocenters. The summed E-state index contributed by atoms with van der Waals surface area (Å²) < 4.78 is 0. The average molecular weight is 781 g/mol. The van der Waals surface area contributed by atoms with Crippen LogP contribution >= 0.6 is 0 Å². The highest BCUT2D eigenvalue weighted by Gasteiger charge is 2.26. The van der Waals surface area contributed by atoms with Gasteiger partial charge in [-0.3, -0.25) is 0 Å². The molecule has 0 spiro atoms. The van der Waals surface area contributed by atoms with Gasteiger partial charge in [0.15, 0.2) is 0 Å². The lowest BCUT2D eigenvalue weighted by Crippen LogP contribution is -2.16. The third kappa shape index (κ3) is 7.05. The van der Waals surface area contributed by atoms with E-state index in [1.54, 1.807) is 0 Å². The quantitative estimate of drug-likeness (QED) is 0.135. The van der Waals surface area contributed by atoms with Crippen LogP contribution in [-0.4, -0.2) is 0 Å². The summed E-state index contributed by atoms with van der Waals surface area (Å²) in [6.45, 7) is 6.21. The summed E-state index contributed by atoms with van der Waals surface area (Å²) in [7, 11) is 0. The van der Waals surface area contributed by atoms with Gasteiger partial charge in [-0.05, 0) is 123 Å². The molecule has 1 aliphatic heterocycles. The van der Waals surface area contributed by atoms with E-state index in [9.17, 15) is 0 Å². The van der Waals surface area contributed by atoms with Crippen molar-refractivity contribution in [1.29, 1.82) is 0 Å². The van der Waals surface area contributed by atoms with Gasteiger partial charge >= 0.3 is 0 Å². The highest BCUT2D eigenvalue weighted by molar-refractivity contribution is 6.06. The maximum atomic E-state index is 3.99. The molecular formula is C59H44N2. The lowest BCUT2D eigenvalue weighted by Gasteiger charge is -2.28. The Balaban J connectivity index is 1.10. The lowest BCUT2D eigenvalue weighted by atomic mass is 9.92. The first-order valence-electron chi connectivity index (χ1n) is 20.9. The molecule has 0 fully saturated rings. The summed E-state index contributed by atoms with van der Waals surface area (Å²) in [5.74, 6) is 0. The molecule has 0 amide bonds. The Labute approximate surface area is 359 Å². The highest BCUT2D eigenvalue weighted by atomic mass is 15.2. The van der Waals surface area contributed by atoms with E-state index in [4.69, 9.17) is 0 Å². The Bertz CT molecular complexity index is 3070. The molecule has 2 heteroatoms. The first kappa shape index (κ1) is 37.3. The van der Waals surface area contributed by atoms with Crippen LogP contribution in [0.25, 0.3) is 60.9 Å². The zero-order chi connectivity index (χ0) is 41.1. The molecule has 290 valence electrons. The van der Waals surface area contributed by atoms with Gasteiger partial charge in [-0.1, -0.05) is 183 Å². The fraction of sp³-hybridized carbons (Fsp3) is 0.0169. The Hall–Kier alpha value is -7.94. The van der Waals surface area contributed by atoms with Gasteiger partial charge in [0.25, 0.3) is 0 Å². The second-order valence-corrected chi connectivity index (χ2v) is 15.4. The molecule has 9 aromatic rings. The van der Waals surface area contributed by atoms with Crippen molar-refractivity contribution in [2.75, 3.05) is 9.80 Å². The van der Waals surface area contributed by atoms with E-state index in [0.29, 0.717) is 0 Å². The van der Waals surface area contributed by atoms with Crippen molar-refractivity contribution in [3.63, 3.8) is 0 Å². The van der Waals surface area contributed by atoms with Crippen LogP contribution in [0.15, 0.2) is 249 Å². The maximum absolute atomic E-state index is 3.99.